The van der Waals surface area contributed by atoms with Crippen LogP contribution in [0, 0.1) is 12.3 Å². The van der Waals surface area contributed by atoms with Gasteiger partial charge in [-0.05, 0) is 66.2 Å². The molecule has 0 saturated heterocycles. The minimum Gasteiger partial charge on any atom is -0.490 e. The molecule has 0 radical (unpaired) electrons. The first kappa shape index (κ1) is 23.8. The zero-order valence-electron chi connectivity index (χ0n) is 19.3. The highest BCUT2D eigenvalue weighted by Gasteiger charge is 2.36. The minimum atomic E-state index is -0.483. The number of amides is 1. The smallest absolute Gasteiger partial charge is 0.283 e. The Kier molecular flexibility index (Phi) is 6.88. The molecule has 9 heteroatoms. The molecule has 0 unspecified atom stereocenters. The summed E-state index contributed by atoms with van der Waals surface area (Å²) in [7, 11) is 0. The number of hydrogen-bond donors (Lipinski definition) is 1. The van der Waals surface area contributed by atoms with Gasteiger partial charge in [0, 0.05) is 5.56 Å². The van der Waals surface area contributed by atoms with Gasteiger partial charge >= 0.3 is 0 Å². The van der Waals surface area contributed by atoms with Crippen molar-refractivity contribution in [2.45, 2.75) is 6.92 Å². The van der Waals surface area contributed by atoms with Crippen molar-refractivity contribution in [2.75, 3.05) is 13.2 Å². The van der Waals surface area contributed by atoms with Gasteiger partial charge in [0.05, 0.1) is 10.6 Å². The van der Waals surface area contributed by atoms with Gasteiger partial charge in [-0.25, -0.2) is 0 Å². The summed E-state index contributed by atoms with van der Waals surface area (Å²) in [5, 5.41) is 15.9. The van der Waals surface area contributed by atoms with Crippen molar-refractivity contribution in [3.8, 4) is 11.5 Å². The van der Waals surface area contributed by atoms with Crippen LogP contribution >= 0.6 is 23.4 Å². The molecule has 2 heterocycles. The number of aryl methyl sites for hydroxylation is 1. The number of thioether (sulfide) groups is 1. The predicted octanol–water partition coefficient (Wildman–Crippen LogP) is 5.77. The van der Waals surface area contributed by atoms with Gasteiger partial charge in [-0.1, -0.05) is 54.1 Å². The summed E-state index contributed by atoms with van der Waals surface area (Å²) in [5.74, 6) is 0.974. The first-order chi connectivity index (χ1) is 17.5. The molecule has 0 atom stereocenters. The average Bonchev–Trinajstić information content (AvgIpc) is 3.29. The summed E-state index contributed by atoms with van der Waals surface area (Å²) in [4.78, 5) is 16.8. The Morgan fingerprint density at radius 2 is 1.75 bits per heavy atom. The van der Waals surface area contributed by atoms with Crippen LogP contribution in [-0.2, 0) is 4.79 Å². The number of amidine groups is 2. The number of carbonyl (C=O) groups is 1. The Balaban J connectivity index is 1.23. The number of aliphatic imine (C=N–C) groups is 1. The second-order valence-corrected chi connectivity index (χ2v) is 9.35. The van der Waals surface area contributed by atoms with Crippen molar-refractivity contribution in [3.05, 3.63) is 100 Å². The quantitative estimate of drug-likeness (QED) is 0.318. The van der Waals surface area contributed by atoms with Gasteiger partial charge in [0.25, 0.3) is 5.91 Å². The lowest BCUT2D eigenvalue weighted by molar-refractivity contribution is -0.114. The second-order valence-electron chi connectivity index (χ2n) is 7.99. The van der Waals surface area contributed by atoms with E-state index in [0.717, 1.165) is 22.4 Å². The van der Waals surface area contributed by atoms with Crippen LogP contribution in [0.5, 0.6) is 11.5 Å². The monoisotopic (exact) mass is 516 g/mol. The molecule has 36 heavy (non-hydrogen) atoms. The van der Waals surface area contributed by atoms with Gasteiger partial charge in [0.2, 0.25) is 5.17 Å². The molecule has 0 bridgehead atoms. The van der Waals surface area contributed by atoms with E-state index >= 15 is 0 Å². The molecule has 1 N–H and O–H groups in total. The number of hydrogen-bond acceptors (Lipinski definition) is 6. The van der Waals surface area contributed by atoms with Crippen LogP contribution in [0.4, 0.5) is 0 Å². The topological polar surface area (TPSA) is 87.3 Å². The molecule has 7 nitrogen and oxygen atoms in total. The highest BCUT2D eigenvalue weighted by molar-refractivity contribution is 8.27. The number of halogens is 1. The molecule has 1 amide bonds. The van der Waals surface area contributed by atoms with Crippen LogP contribution in [0.25, 0.3) is 6.08 Å². The summed E-state index contributed by atoms with van der Waals surface area (Å²) < 4.78 is 11.5. The molecule has 3 aromatic rings. The maximum Gasteiger partial charge on any atom is 0.283 e. The fourth-order valence-corrected chi connectivity index (χ4v) is 4.80. The molecule has 0 aliphatic carbocycles. The van der Waals surface area contributed by atoms with Gasteiger partial charge in [-0.3, -0.25) is 10.2 Å². The Morgan fingerprint density at radius 1 is 1.00 bits per heavy atom. The summed E-state index contributed by atoms with van der Waals surface area (Å²) in [6.07, 6.45) is 1.63. The van der Waals surface area contributed by atoms with Crippen molar-refractivity contribution < 1.29 is 14.3 Å². The fourth-order valence-electron chi connectivity index (χ4n) is 3.59. The van der Waals surface area contributed by atoms with Crippen molar-refractivity contribution in [2.24, 2.45) is 10.1 Å². The maximum atomic E-state index is 12.7. The van der Waals surface area contributed by atoms with Crippen molar-refractivity contribution >= 4 is 51.4 Å². The third-order valence-corrected chi connectivity index (χ3v) is 6.63. The highest BCUT2D eigenvalue weighted by Crippen LogP contribution is 2.33. The van der Waals surface area contributed by atoms with Gasteiger partial charge in [0.1, 0.15) is 29.8 Å². The molecule has 3 aromatic carbocycles. The van der Waals surface area contributed by atoms with E-state index < -0.39 is 5.91 Å². The van der Waals surface area contributed by atoms with Crippen LogP contribution in [0.15, 0.2) is 88.5 Å². The Hall–Kier alpha value is -3.88. The number of rotatable bonds is 7. The molecule has 180 valence electrons. The van der Waals surface area contributed by atoms with E-state index in [1.54, 1.807) is 12.1 Å². The van der Waals surface area contributed by atoms with Gasteiger partial charge in [-0.15, -0.1) is 0 Å². The number of nitrogens with one attached hydrogen (secondary N) is 1. The number of hydrazone groups is 1. The minimum absolute atomic E-state index is 0.0341. The Labute approximate surface area is 217 Å². The fraction of sp³-hybridized carbons (Fsp3) is 0.111. The molecule has 2 aliphatic heterocycles. The van der Waals surface area contributed by atoms with Crippen LogP contribution in [0.2, 0.25) is 5.02 Å². The SMILES string of the molecule is Cc1cccc(OCCOc2ccc(C=C3C(=N)N4N=C(c5ccccc5Cl)SC4=NC3=O)cc2)c1. The zero-order valence-corrected chi connectivity index (χ0v) is 20.8. The Bertz CT molecular complexity index is 1430. The third-order valence-electron chi connectivity index (χ3n) is 5.36. The van der Waals surface area contributed by atoms with Crippen LogP contribution in [0.1, 0.15) is 16.7 Å². The standard InChI is InChI=1S/C27H21ClN4O3S/c1-17-5-4-6-20(15-17)35-14-13-34-19-11-9-18(10-12-19)16-22-24(29)32-27(30-25(22)33)36-26(31-32)21-7-2-3-8-23(21)28/h2-12,15-16,29H,13-14H2,1H3. The molecular formula is C27H21ClN4O3S. The maximum absolute atomic E-state index is 12.7. The van der Waals surface area contributed by atoms with E-state index in [9.17, 15) is 4.79 Å². The number of benzene rings is 3. The first-order valence-electron chi connectivity index (χ1n) is 11.2. The van der Waals surface area contributed by atoms with Gasteiger partial charge < -0.3 is 9.47 Å². The number of carbonyl (C=O) groups excluding carboxylic acids is 1. The number of ether oxygens (including phenoxy) is 2. The lowest BCUT2D eigenvalue weighted by atomic mass is 10.1. The molecule has 0 fully saturated rings. The van der Waals surface area contributed by atoms with E-state index in [2.05, 4.69) is 10.1 Å². The van der Waals surface area contributed by atoms with Crippen molar-refractivity contribution in [1.82, 2.24) is 5.01 Å². The largest absolute Gasteiger partial charge is 0.490 e. The lowest BCUT2D eigenvalue weighted by Gasteiger charge is -2.20. The molecule has 5 rings (SSSR count). The lowest BCUT2D eigenvalue weighted by Crippen LogP contribution is -2.35. The van der Waals surface area contributed by atoms with Crippen molar-refractivity contribution in [1.29, 1.82) is 5.41 Å². The highest BCUT2D eigenvalue weighted by atomic mass is 35.5. The number of nitrogens with zero attached hydrogens (tertiary/aromatic N) is 3. The summed E-state index contributed by atoms with van der Waals surface area (Å²) in [6.45, 7) is 2.84. The predicted molar refractivity (Wildman–Crippen MR) is 144 cm³/mol. The van der Waals surface area contributed by atoms with Crippen molar-refractivity contribution in [3.63, 3.8) is 0 Å². The molecular weight excluding hydrogens is 496 g/mol. The Morgan fingerprint density at radius 3 is 2.50 bits per heavy atom. The first-order valence-corrected chi connectivity index (χ1v) is 12.3. The average molecular weight is 517 g/mol. The van der Waals surface area contributed by atoms with E-state index in [0.29, 0.717) is 34.2 Å². The van der Waals surface area contributed by atoms with E-state index in [1.165, 1.54) is 16.8 Å². The molecule has 0 aromatic heterocycles. The van der Waals surface area contributed by atoms with Gasteiger partial charge in [0.15, 0.2) is 5.84 Å². The van der Waals surface area contributed by atoms with Crippen LogP contribution in [-0.4, -0.2) is 40.2 Å². The van der Waals surface area contributed by atoms with Gasteiger partial charge in [-0.2, -0.15) is 15.1 Å². The summed E-state index contributed by atoms with van der Waals surface area (Å²) in [5.41, 5.74) is 2.77. The molecule has 0 saturated carbocycles. The third kappa shape index (κ3) is 5.19. The summed E-state index contributed by atoms with van der Waals surface area (Å²) in [6, 6.07) is 22.4. The molecule has 2 aliphatic rings. The van der Waals surface area contributed by atoms with Crippen LogP contribution < -0.4 is 9.47 Å². The number of fused-ring (bicyclic) bond motifs is 1. The zero-order chi connectivity index (χ0) is 25.1. The summed E-state index contributed by atoms with van der Waals surface area (Å²) >= 11 is 7.50. The van der Waals surface area contributed by atoms with E-state index in [-0.39, 0.29) is 11.4 Å². The molecule has 0 spiro atoms. The normalized spacial score (nSPS) is 16.1. The van der Waals surface area contributed by atoms with E-state index in [1.807, 2.05) is 73.7 Å². The second kappa shape index (κ2) is 10.4. The van der Waals surface area contributed by atoms with Crippen LogP contribution in [0.3, 0.4) is 0 Å². The van der Waals surface area contributed by atoms with E-state index in [4.69, 9.17) is 26.5 Å².